The van der Waals surface area contributed by atoms with E-state index in [0.29, 0.717) is 11.3 Å². The van der Waals surface area contributed by atoms with Crippen molar-refractivity contribution in [3.05, 3.63) is 42.0 Å². The molecule has 17 heavy (non-hydrogen) atoms. The zero-order valence-corrected chi connectivity index (χ0v) is 10.1. The van der Waals surface area contributed by atoms with Gasteiger partial charge in [-0.1, -0.05) is 18.7 Å². The number of carboxylic acids is 1. The molecule has 0 amide bonds. The first-order valence-corrected chi connectivity index (χ1v) is 6.65. The van der Waals surface area contributed by atoms with E-state index in [1.54, 1.807) is 24.3 Å². The lowest BCUT2D eigenvalue weighted by atomic mass is 10.1. The second-order valence-corrected chi connectivity index (χ2v) is 5.41. The van der Waals surface area contributed by atoms with Crippen molar-refractivity contribution in [1.82, 2.24) is 0 Å². The summed E-state index contributed by atoms with van der Waals surface area (Å²) >= 11 is 0. The molecule has 0 fully saturated rings. The Morgan fingerprint density at radius 2 is 2.12 bits per heavy atom. The molecule has 0 aliphatic rings. The van der Waals surface area contributed by atoms with Crippen molar-refractivity contribution in [2.45, 2.75) is 6.42 Å². The van der Waals surface area contributed by atoms with Crippen LogP contribution in [0, 0.1) is 0 Å². The molecule has 6 heteroatoms. The van der Waals surface area contributed by atoms with E-state index in [-0.39, 0.29) is 12.0 Å². The zero-order chi connectivity index (χ0) is 13.1. The maximum atomic E-state index is 11.0. The van der Waals surface area contributed by atoms with Gasteiger partial charge in [0.1, 0.15) is 0 Å². The van der Waals surface area contributed by atoms with Crippen LogP contribution >= 0.6 is 0 Å². The van der Waals surface area contributed by atoms with E-state index in [9.17, 15) is 13.2 Å². The molecule has 0 radical (unpaired) electrons. The minimum Gasteiger partial charge on any atom is -0.478 e. The van der Waals surface area contributed by atoms with Gasteiger partial charge in [-0.05, 0) is 17.7 Å². The molecule has 0 bridgehead atoms. The molecule has 0 aliphatic carbocycles. The molecule has 5 nitrogen and oxygen atoms in total. The number of benzene rings is 1. The number of rotatable bonds is 5. The highest BCUT2D eigenvalue weighted by atomic mass is 32.2. The Kier molecular flexibility index (Phi) is 3.90. The van der Waals surface area contributed by atoms with Crippen molar-refractivity contribution in [2.75, 3.05) is 11.0 Å². The van der Waals surface area contributed by atoms with Crippen molar-refractivity contribution in [3.8, 4) is 0 Å². The summed E-state index contributed by atoms with van der Waals surface area (Å²) in [7, 11) is -3.33. The lowest BCUT2D eigenvalue weighted by Crippen LogP contribution is -2.10. The SMILES string of the molecule is C=C(Cc1cccc(NS(C)(=O)=O)c1)C(=O)O. The van der Waals surface area contributed by atoms with Gasteiger partial charge in [0.2, 0.25) is 10.0 Å². The molecule has 0 saturated heterocycles. The highest BCUT2D eigenvalue weighted by Crippen LogP contribution is 2.14. The molecule has 0 saturated carbocycles. The van der Waals surface area contributed by atoms with Gasteiger partial charge in [0, 0.05) is 17.7 Å². The number of sulfonamides is 1. The monoisotopic (exact) mass is 255 g/mol. The number of carboxylic acid groups (broad SMARTS) is 1. The Bertz CT molecular complexity index is 548. The van der Waals surface area contributed by atoms with Crippen molar-refractivity contribution in [3.63, 3.8) is 0 Å². The van der Waals surface area contributed by atoms with Crippen molar-refractivity contribution >= 4 is 21.7 Å². The highest BCUT2D eigenvalue weighted by Gasteiger charge is 2.07. The normalized spacial score (nSPS) is 10.9. The van der Waals surface area contributed by atoms with Gasteiger partial charge in [-0.3, -0.25) is 4.72 Å². The predicted molar refractivity (Wildman–Crippen MR) is 65.4 cm³/mol. The summed E-state index contributed by atoms with van der Waals surface area (Å²) in [5.41, 5.74) is 1.15. The topological polar surface area (TPSA) is 83.5 Å². The highest BCUT2D eigenvalue weighted by molar-refractivity contribution is 7.92. The summed E-state index contributed by atoms with van der Waals surface area (Å²) in [6, 6.07) is 6.53. The number of hydrogen-bond acceptors (Lipinski definition) is 3. The van der Waals surface area contributed by atoms with Gasteiger partial charge in [0.25, 0.3) is 0 Å². The van der Waals surface area contributed by atoms with Gasteiger partial charge in [-0.2, -0.15) is 0 Å². The van der Waals surface area contributed by atoms with E-state index in [1.807, 2.05) is 0 Å². The van der Waals surface area contributed by atoms with E-state index in [0.717, 1.165) is 6.26 Å². The number of aliphatic carboxylic acids is 1. The number of hydrogen-bond donors (Lipinski definition) is 2. The van der Waals surface area contributed by atoms with Gasteiger partial charge in [0.15, 0.2) is 0 Å². The Morgan fingerprint density at radius 1 is 1.47 bits per heavy atom. The zero-order valence-electron chi connectivity index (χ0n) is 9.30. The fourth-order valence-electron chi connectivity index (χ4n) is 1.28. The quantitative estimate of drug-likeness (QED) is 0.775. The molecule has 1 aromatic carbocycles. The fourth-order valence-corrected chi connectivity index (χ4v) is 1.84. The average molecular weight is 255 g/mol. The summed E-state index contributed by atoms with van der Waals surface area (Å²) in [5.74, 6) is -1.06. The standard InChI is InChI=1S/C11H13NO4S/c1-8(11(13)14)6-9-4-3-5-10(7-9)12-17(2,15)16/h3-5,7,12H,1,6H2,2H3,(H,13,14). The van der Waals surface area contributed by atoms with Gasteiger partial charge in [-0.25, -0.2) is 13.2 Å². The van der Waals surface area contributed by atoms with Crippen LogP contribution in [0.5, 0.6) is 0 Å². The second kappa shape index (κ2) is 5.01. The first kappa shape index (κ1) is 13.2. The average Bonchev–Trinajstić information content (AvgIpc) is 2.15. The fraction of sp³-hybridized carbons (Fsp3) is 0.182. The molecule has 2 N–H and O–H groups in total. The number of carbonyl (C=O) groups is 1. The van der Waals surface area contributed by atoms with Crippen LogP contribution in [0.4, 0.5) is 5.69 Å². The van der Waals surface area contributed by atoms with Crippen molar-refractivity contribution in [1.29, 1.82) is 0 Å². The van der Waals surface area contributed by atoms with Crippen LogP contribution in [-0.2, 0) is 21.2 Å². The third kappa shape index (κ3) is 4.69. The van der Waals surface area contributed by atoms with E-state index in [2.05, 4.69) is 11.3 Å². The maximum absolute atomic E-state index is 11.0. The second-order valence-electron chi connectivity index (χ2n) is 3.66. The number of anilines is 1. The molecular weight excluding hydrogens is 242 g/mol. The Labute approximate surface area is 99.8 Å². The molecule has 0 unspecified atom stereocenters. The first-order chi connectivity index (χ1) is 7.78. The first-order valence-electron chi connectivity index (χ1n) is 4.76. The maximum Gasteiger partial charge on any atom is 0.331 e. The molecule has 0 heterocycles. The summed E-state index contributed by atoms with van der Waals surface area (Å²) in [4.78, 5) is 10.6. The van der Waals surface area contributed by atoms with Crippen molar-refractivity contribution in [2.24, 2.45) is 0 Å². The van der Waals surface area contributed by atoms with E-state index < -0.39 is 16.0 Å². The van der Waals surface area contributed by atoms with E-state index in [1.165, 1.54) is 0 Å². The van der Waals surface area contributed by atoms with Crippen LogP contribution in [0.1, 0.15) is 5.56 Å². The predicted octanol–water partition coefficient (Wildman–Crippen LogP) is 1.24. The molecule has 0 spiro atoms. The van der Waals surface area contributed by atoms with Crippen LogP contribution in [-0.4, -0.2) is 25.7 Å². The Balaban J connectivity index is 2.87. The smallest absolute Gasteiger partial charge is 0.331 e. The molecule has 0 aliphatic heterocycles. The van der Waals surface area contributed by atoms with Crippen LogP contribution in [0.25, 0.3) is 0 Å². The number of nitrogens with one attached hydrogen (secondary N) is 1. The van der Waals surface area contributed by atoms with Gasteiger partial charge in [-0.15, -0.1) is 0 Å². The van der Waals surface area contributed by atoms with Gasteiger partial charge in [0.05, 0.1) is 6.26 Å². The summed E-state index contributed by atoms with van der Waals surface area (Å²) in [5, 5.41) is 8.69. The summed E-state index contributed by atoms with van der Waals surface area (Å²) < 4.78 is 24.4. The third-order valence-corrected chi connectivity index (χ3v) is 2.56. The van der Waals surface area contributed by atoms with Gasteiger partial charge < -0.3 is 5.11 Å². The van der Waals surface area contributed by atoms with Gasteiger partial charge >= 0.3 is 5.97 Å². The summed E-state index contributed by atoms with van der Waals surface area (Å²) in [6.45, 7) is 3.42. The van der Waals surface area contributed by atoms with Crippen molar-refractivity contribution < 1.29 is 18.3 Å². The molecule has 1 rings (SSSR count). The molecule has 0 aromatic heterocycles. The minimum absolute atomic E-state index is 0.0569. The Hall–Kier alpha value is -1.82. The van der Waals surface area contributed by atoms with Crippen LogP contribution in [0.15, 0.2) is 36.4 Å². The molecular formula is C11H13NO4S. The Morgan fingerprint density at radius 3 is 2.65 bits per heavy atom. The third-order valence-electron chi connectivity index (χ3n) is 1.95. The van der Waals surface area contributed by atoms with E-state index in [4.69, 9.17) is 5.11 Å². The van der Waals surface area contributed by atoms with Crippen LogP contribution < -0.4 is 4.72 Å². The minimum atomic E-state index is -3.33. The lowest BCUT2D eigenvalue weighted by molar-refractivity contribution is -0.132. The molecule has 92 valence electrons. The molecule has 0 atom stereocenters. The molecule has 1 aromatic rings. The van der Waals surface area contributed by atoms with E-state index >= 15 is 0 Å². The van der Waals surface area contributed by atoms with Crippen LogP contribution in [0.3, 0.4) is 0 Å². The summed E-state index contributed by atoms with van der Waals surface area (Å²) in [6.07, 6.45) is 1.23. The van der Waals surface area contributed by atoms with Crippen LogP contribution in [0.2, 0.25) is 0 Å². The largest absolute Gasteiger partial charge is 0.478 e. The lowest BCUT2D eigenvalue weighted by Gasteiger charge is -2.06.